The molecule has 1 saturated carbocycles. The molecule has 1 aliphatic carbocycles. The van der Waals surface area contributed by atoms with E-state index in [1.165, 1.54) is 7.11 Å². The number of nitrogens with one attached hydrogen (secondary N) is 1. The van der Waals surface area contributed by atoms with Gasteiger partial charge in [0.25, 0.3) is 5.91 Å². The lowest BCUT2D eigenvalue weighted by Gasteiger charge is -2.39. The summed E-state index contributed by atoms with van der Waals surface area (Å²) in [5, 5.41) is 12.2. The molecule has 0 aromatic rings. The molecule has 0 atom stereocenters. The molecule has 1 rings (SSSR count). The predicted octanol–water partition coefficient (Wildman–Crippen LogP) is 1.95. The third kappa shape index (κ3) is 3.47. The predicted molar refractivity (Wildman–Crippen MR) is 71.8 cm³/mol. The van der Waals surface area contributed by atoms with Gasteiger partial charge in [-0.3, -0.25) is 4.79 Å². The highest BCUT2D eigenvalue weighted by molar-refractivity contribution is 5.91. The lowest BCUT2D eigenvalue weighted by molar-refractivity contribution is -0.154. The maximum absolute atomic E-state index is 12.1. The third-order valence-corrected chi connectivity index (χ3v) is 4.36. The summed E-state index contributed by atoms with van der Waals surface area (Å²) >= 11 is 0. The fourth-order valence-corrected chi connectivity index (χ4v) is 2.43. The van der Waals surface area contributed by atoms with Gasteiger partial charge in [-0.25, -0.2) is 4.79 Å². The van der Waals surface area contributed by atoms with Gasteiger partial charge in [-0.2, -0.15) is 0 Å². The maximum atomic E-state index is 12.1. The van der Waals surface area contributed by atoms with Gasteiger partial charge >= 0.3 is 5.97 Å². The summed E-state index contributed by atoms with van der Waals surface area (Å²) in [6, 6.07) is 0. The monoisotopic (exact) mass is 271 g/mol. The van der Waals surface area contributed by atoms with Gasteiger partial charge in [0.1, 0.15) is 11.1 Å². The fraction of sp³-hybridized carbons (Fsp3) is 0.857. The first kappa shape index (κ1) is 16.0. The van der Waals surface area contributed by atoms with Crippen molar-refractivity contribution in [1.29, 1.82) is 0 Å². The molecule has 2 N–H and O–H groups in total. The highest BCUT2D eigenvalue weighted by Gasteiger charge is 2.45. The zero-order valence-corrected chi connectivity index (χ0v) is 12.3. The van der Waals surface area contributed by atoms with Crippen molar-refractivity contribution in [3.8, 4) is 0 Å². The number of hydrogen-bond acceptors (Lipinski definition) is 3. The van der Waals surface area contributed by atoms with Crippen molar-refractivity contribution in [3.63, 3.8) is 0 Å². The minimum Gasteiger partial charge on any atom is -0.480 e. The Hall–Kier alpha value is -1.10. The van der Waals surface area contributed by atoms with E-state index < -0.39 is 17.1 Å². The quantitative estimate of drug-likeness (QED) is 0.801. The van der Waals surface area contributed by atoms with E-state index in [0.717, 1.165) is 19.3 Å². The van der Waals surface area contributed by atoms with Crippen LogP contribution in [-0.4, -0.2) is 35.2 Å². The normalized spacial score (nSPS) is 27.9. The van der Waals surface area contributed by atoms with Crippen LogP contribution >= 0.6 is 0 Å². The second-order valence-corrected chi connectivity index (χ2v) is 5.91. The van der Waals surface area contributed by atoms with E-state index in [-0.39, 0.29) is 5.91 Å². The molecule has 5 nitrogen and oxygen atoms in total. The van der Waals surface area contributed by atoms with Crippen LogP contribution in [0.4, 0.5) is 0 Å². The first-order valence-corrected chi connectivity index (χ1v) is 6.88. The van der Waals surface area contributed by atoms with Crippen molar-refractivity contribution >= 4 is 11.9 Å². The SMILES string of the molecule is CCC1CCC(NC(=O)C(C)(C)OC)(C(=O)O)CC1. The molecule has 1 amide bonds. The summed E-state index contributed by atoms with van der Waals surface area (Å²) in [4.78, 5) is 23.7. The Morgan fingerprint density at radius 3 is 2.26 bits per heavy atom. The Morgan fingerprint density at radius 2 is 1.89 bits per heavy atom. The van der Waals surface area contributed by atoms with Gasteiger partial charge in [-0.05, 0) is 45.4 Å². The molecule has 0 aromatic heterocycles. The molecule has 0 radical (unpaired) electrons. The summed E-state index contributed by atoms with van der Waals surface area (Å²) in [5.41, 5.74) is -2.14. The van der Waals surface area contributed by atoms with Gasteiger partial charge in [0.15, 0.2) is 0 Å². The molecular formula is C14H25NO4. The molecule has 1 fully saturated rings. The van der Waals surface area contributed by atoms with Crippen molar-refractivity contribution in [2.24, 2.45) is 5.92 Å². The summed E-state index contributed by atoms with van der Waals surface area (Å²) < 4.78 is 5.10. The summed E-state index contributed by atoms with van der Waals surface area (Å²) in [5.74, 6) is -0.741. The molecule has 0 unspecified atom stereocenters. The average molecular weight is 271 g/mol. The van der Waals surface area contributed by atoms with Gasteiger partial charge in [0, 0.05) is 7.11 Å². The molecule has 1 aliphatic rings. The number of carboxylic acids is 1. The third-order valence-electron chi connectivity index (χ3n) is 4.36. The number of carbonyl (C=O) groups is 2. The van der Waals surface area contributed by atoms with Crippen LogP contribution in [0.3, 0.4) is 0 Å². The molecule has 19 heavy (non-hydrogen) atoms. The van der Waals surface area contributed by atoms with E-state index in [4.69, 9.17) is 4.74 Å². The molecule has 110 valence electrons. The van der Waals surface area contributed by atoms with Gasteiger partial charge in [-0.1, -0.05) is 13.3 Å². The van der Waals surface area contributed by atoms with Crippen LogP contribution in [0.5, 0.6) is 0 Å². The van der Waals surface area contributed by atoms with Crippen LogP contribution in [0.25, 0.3) is 0 Å². The van der Waals surface area contributed by atoms with E-state index in [2.05, 4.69) is 12.2 Å². The van der Waals surface area contributed by atoms with E-state index >= 15 is 0 Å². The average Bonchev–Trinajstić information content (AvgIpc) is 2.39. The molecule has 0 bridgehead atoms. The maximum Gasteiger partial charge on any atom is 0.329 e. The number of hydrogen-bond donors (Lipinski definition) is 2. The van der Waals surface area contributed by atoms with E-state index in [1.807, 2.05) is 0 Å². The first-order valence-electron chi connectivity index (χ1n) is 6.88. The molecule has 0 spiro atoms. The fourth-order valence-electron chi connectivity index (χ4n) is 2.43. The molecule has 0 saturated heterocycles. The number of aliphatic carboxylic acids is 1. The molecule has 0 heterocycles. The van der Waals surface area contributed by atoms with Gasteiger partial charge in [0.2, 0.25) is 0 Å². The minimum atomic E-state index is -1.13. The highest BCUT2D eigenvalue weighted by Crippen LogP contribution is 2.34. The Bertz CT molecular complexity index is 343. The number of amides is 1. The van der Waals surface area contributed by atoms with Crippen molar-refractivity contribution in [2.75, 3.05) is 7.11 Å². The van der Waals surface area contributed by atoms with Crippen LogP contribution in [0.15, 0.2) is 0 Å². The molecule has 0 aromatic carbocycles. The second-order valence-electron chi connectivity index (χ2n) is 5.91. The number of carboxylic acid groups (broad SMARTS) is 1. The number of carbonyl (C=O) groups excluding carboxylic acids is 1. The van der Waals surface area contributed by atoms with Crippen LogP contribution in [-0.2, 0) is 14.3 Å². The minimum absolute atomic E-state index is 0.368. The summed E-state index contributed by atoms with van der Waals surface area (Å²) in [6.45, 7) is 5.39. The molecule has 0 aliphatic heterocycles. The zero-order valence-electron chi connectivity index (χ0n) is 12.3. The Labute approximate surface area is 114 Å². The van der Waals surface area contributed by atoms with Crippen molar-refractivity contribution in [3.05, 3.63) is 0 Å². The second kappa shape index (κ2) is 5.90. The topological polar surface area (TPSA) is 75.6 Å². The number of ether oxygens (including phenoxy) is 1. The Balaban J connectivity index is 2.80. The summed E-state index contributed by atoms with van der Waals surface area (Å²) in [6.07, 6.45) is 3.74. The van der Waals surface area contributed by atoms with Crippen LogP contribution in [0.2, 0.25) is 0 Å². The van der Waals surface area contributed by atoms with E-state index in [0.29, 0.717) is 18.8 Å². The van der Waals surface area contributed by atoms with Gasteiger partial charge in [0.05, 0.1) is 0 Å². The zero-order chi connectivity index (χ0) is 14.7. The van der Waals surface area contributed by atoms with E-state index in [9.17, 15) is 14.7 Å². The molecular weight excluding hydrogens is 246 g/mol. The van der Waals surface area contributed by atoms with Crippen molar-refractivity contribution in [2.45, 2.75) is 64.0 Å². The van der Waals surface area contributed by atoms with Crippen LogP contribution in [0.1, 0.15) is 52.9 Å². The lowest BCUT2D eigenvalue weighted by Crippen LogP contribution is -2.60. The lowest BCUT2D eigenvalue weighted by atomic mass is 9.75. The standard InChI is InChI=1S/C14H25NO4/c1-5-10-6-8-14(9-7-10,12(17)18)15-11(16)13(2,3)19-4/h10H,5-9H2,1-4H3,(H,15,16)(H,17,18). The smallest absolute Gasteiger partial charge is 0.329 e. The van der Waals surface area contributed by atoms with Crippen LogP contribution in [0, 0.1) is 5.92 Å². The number of rotatable bonds is 5. The van der Waals surface area contributed by atoms with Crippen molar-refractivity contribution in [1.82, 2.24) is 5.32 Å². The van der Waals surface area contributed by atoms with E-state index in [1.54, 1.807) is 13.8 Å². The van der Waals surface area contributed by atoms with Crippen LogP contribution < -0.4 is 5.32 Å². The summed E-state index contributed by atoms with van der Waals surface area (Å²) in [7, 11) is 1.45. The number of methoxy groups -OCH3 is 1. The Morgan fingerprint density at radius 1 is 1.37 bits per heavy atom. The van der Waals surface area contributed by atoms with Gasteiger partial charge < -0.3 is 15.2 Å². The van der Waals surface area contributed by atoms with Crippen molar-refractivity contribution < 1.29 is 19.4 Å². The largest absolute Gasteiger partial charge is 0.480 e. The highest BCUT2D eigenvalue weighted by atomic mass is 16.5. The first-order chi connectivity index (χ1) is 8.77. The van der Waals surface area contributed by atoms with Gasteiger partial charge in [-0.15, -0.1) is 0 Å². The Kier molecular flexibility index (Phi) is 4.96. The molecule has 5 heteroatoms.